The fraction of sp³-hybridized carbons (Fsp3) is 0.176. The first kappa shape index (κ1) is 18.8. The number of rotatable bonds is 5. The van der Waals surface area contributed by atoms with Gasteiger partial charge in [-0.05, 0) is 29.8 Å². The first-order chi connectivity index (χ1) is 11.7. The Morgan fingerprint density at radius 1 is 1.12 bits per heavy atom. The molecule has 0 unspecified atom stereocenters. The van der Waals surface area contributed by atoms with Crippen LogP contribution in [0.1, 0.15) is 21.5 Å². The minimum atomic E-state index is -4.60. The third-order valence-electron chi connectivity index (χ3n) is 3.44. The van der Waals surface area contributed by atoms with E-state index in [-0.39, 0.29) is 12.0 Å². The van der Waals surface area contributed by atoms with E-state index in [9.17, 15) is 27.9 Å². The number of carboxylic acids is 1. The van der Waals surface area contributed by atoms with E-state index < -0.39 is 29.7 Å². The second kappa shape index (κ2) is 7.57. The van der Waals surface area contributed by atoms with Crippen LogP contribution in [0.2, 0.25) is 5.02 Å². The highest BCUT2D eigenvalue weighted by Gasteiger charge is 2.31. The molecule has 0 fully saturated rings. The predicted octanol–water partition coefficient (Wildman–Crippen LogP) is 3.78. The standard InChI is InChI=1S/C17H13ClF3NO3/c18-13-7-2-1-4-10(13)9-14(16(24)25)22-15(23)11-5-3-6-12(8-11)17(19,20)21/h1-8,14H,9H2,(H,22,23)(H,24,25)/t14-/m1/s1. The molecule has 4 nitrogen and oxygen atoms in total. The second-order valence-electron chi connectivity index (χ2n) is 5.24. The molecule has 0 spiro atoms. The molecular formula is C17H13ClF3NO3. The van der Waals surface area contributed by atoms with Crippen LogP contribution in [0, 0.1) is 0 Å². The summed E-state index contributed by atoms with van der Waals surface area (Å²) in [6.07, 6.45) is -4.69. The van der Waals surface area contributed by atoms with E-state index in [4.69, 9.17) is 11.6 Å². The number of carbonyl (C=O) groups is 2. The molecule has 0 radical (unpaired) electrons. The van der Waals surface area contributed by atoms with Crippen molar-refractivity contribution in [2.24, 2.45) is 0 Å². The van der Waals surface area contributed by atoms with E-state index in [1.807, 2.05) is 0 Å². The van der Waals surface area contributed by atoms with Gasteiger partial charge in [-0.15, -0.1) is 0 Å². The van der Waals surface area contributed by atoms with Crippen molar-refractivity contribution in [3.05, 3.63) is 70.2 Å². The zero-order valence-electron chi connectivity index (χ0n) is 12.7. The van der Waals surface area contributed by atoms with Crippen molar-refractivity contribution >= 4 is 23.5 Å². The van der Waals surface area contributed by atoms with Crippen molar-refractivity contribution in [1.82, 2.24) is 5.32 Å². The molecule has 0 bridgehead atoms. The molecule has 0 aliphatic heterocycles. The lowest BCUT2D eigenvalue weighted by molar-refractivity contribution is -0.139. The summed E-state index contributed by atoms with van der Waals surface area (Å²) < 4.78 is 38.1. The molecule has 1 amide bonds. The van der Waals surface area contributed by atoms with Crippen LogP contribution in [0.15, 0.2) is 48.5 Å². The Bertz CT molecular complexity index is 793. The minimum absolute atomic E-state index is 0.0975. The molecule has 0 saturated carbocycles. The van der Waals surface area contributed by atoms with Crippen molar-refractivity contribution in [2.45, 2.75) is 18.6 Å². The Morgan fingerprint density at radius 2 is 1.80 bits per heavy atom. The van der Waals surface area contributed by atoms with Crippen molar-refractivity contribution in [3.63, 3.8) is 0 Å². The quantitative estimate of drug-likeness (QED) is 0.840. The molecule has 2 aromatic carbocycles. The first-order valence-electron chi connectivity index (χ1n) is 7.13. The third-order valence-corrected chi connectivity index (χ3v) is 3.81. The summed E-state index contributed by atoms with van der Waals surface area (Å²) in [5.41, 5.74) is -0.765. The molecule has 2 rings (SSSR count). The molecule has 1 atom stereocenters. The topological polar surface area (TPSA) is 66.4 Å². The lowest BCUT2D eigenvalue weighted by Crippen LogP contribution is -2.42. The maximum Gasteiger partial charge on any atom is 0.416 e. The summed E-state index contributed by atoms with van der Waals surface area (Å²) in [5, 5.41) is 11.8. The lowest BCUT2D eigenvalue weighted by Gasteiger charge is -2.16. The largest absolute Gasteiger partial charge is 0.480 e. The van der Waals surface area contributed by atoms with E-state index in [0.717, 1.165) is 12.1 Å². The number of alkyl halides is 3. The van der Waals surface area contributed by atoms with Crippen molar-refractivity contribution in [3.8, 4) is 0 Å². The molecule has 2 N–H and O–H groups in total. The van der Waals surface area contributed by atoms with Crippen LogP contribution in [0.4, 0.5) is 13.2 Å². The van der Waals surface area contributed by atoms with Crippen LogP contribution in [0.5, 0.6) is 0 Å². The number of amides is 1. The van der Waals surface area contributed by atoms with Gasteiger partial charge in [0.1, 0.15) is 6.04 Å². The SMILES string of the molecule is O=C(N[C@H](Cc1ccccc1Cl)C(=O)O)c1cccc(C(F)(F)F)c1. The van der Waals surface area contributed by atoms with E-state index in [0.29, 0.717) is 16.7 Å². The molecular weight excluding hydrogens is 359 g/mol. The van der Waals surface area contributed by atoms with Crippen molar-refractivity contribution in [1.29, 1.82) is 0 Å². The number of benzene rings is 2. The lowest BCUT2D eigenvalue weighted by atomic mass is 10.0. The number of carbonyl (C=O) groups excluding carboxylic acids is 1. The van der Waals surface area contributed by atoms with Gasteiger partial charge in [0.2, 0.25) is 0 Å². The predicted molar refractivity (Wildman–Crippen MR) is 85.5 cm³/mol. The van der Waals surface area contributed by atoms with E-state index in [1.165, 1.54) is 6.07 Å². The van der Waals surface area contributed by atoms with Gasteiger partial charge in [0.15, 0.2) is 0 Å². The minimum Gasteiger partial charge on any atom is -0.480 e. The summed E-state index contributed by atoms with van der Waals surface area (Å²) in [7, 11) is 0. The Morgan fingerprint density at radius 3 is 2.40 bits per heavy atom. The van der Waals surface area contributed by atoms with E-state index >= 15 is 0 Å². The monoisotopic (exact) mass is 371 g/mol. The van der Waals surface area contributed by atoms with Gasteiger partial charge in [0.05, 0.1) is 5.56 Å². The fourth-order valence-electron chi connectivity index (χ4n) is 2.16. The molecule has 25 heavy (non-hydrogen) atoms. The highest BCUT2D eigenvalue weighted by atomic mass is 35.5. The second-order valence-corrected chi connectivity index (χ2v) is 5.65. The van der Waals surface area contributed by atoms with Crippen LogP contribution in [-0.4, -0.2) is 23.0 Å². The number of nitrogens with one attached hydrogen (secondary N) is 1. The molecule has 2 aromatic rings. The Kier molecular flexibility index (Phi) is 5.69. The van der Waals surface area contributed by atoms with Crippen LogP contribution in [-0.2, 0) is 17.4 Å². The Balaban J connectivity index is 2.18. The molecule has 0 aliphatic carbocycles. The third kappa shape index (κ3) is 4.96. The normalized spacial score (nSPS) is 12.5. The Hall–Kier alpha value is -2.54. The molecule has 8 heteroatoms. The van der Waals surface area contributed by atoms with Gasteiger partial charge in [-0.1, -0.05) is 35.9 Å². The van der Waals surface area contributed by atoms with Crippen molar-refractivity contribution in [2.75, 3.05) is 0 Å². The van der Waals surface area contributed by atoms with Gasteiger partial charge < -0.3 is 10.4 Å². The summed E-state index contributed by atoms with van der Waals surface area (Å²) in [6, 6.07) is 8.94. The average Bonchev–Trinajstić information content (AvgIpc) is 2.55. The van der Waals surface area contributed by atoms with Gasteiger partial charge in [-0.25, -0.2) is 4.79 Å². The van der Waals surface area contributed by atoms with Gasteiger partial charge >= 0.3 is 12.1 Å². The number of carboxylic acid groups (broad SMARTS) is 1. The smallest absolute Gasteiger partial charge is 0.416 e. The highest BCUT2D eigenvalue weighted by Crippen LogP contribution is 2.29. The zero-order chi connectivity index (χ0) is 18.6. The maximum absolute atomic E-state index is 12.7. The number of halogens is 4. The highest BCUT2D eigenvalue weighted by molar-refractivity contribution is 6.31. The van der Waals surface area contributed by atoms with Crippen LogP contribution in [0.3, 0.4) is 0 Å². The van der Waals surface area contributed by atoms with Gasteiger partial charge in [-0.3, -0.25) is 4.79 Å². The van der Waals surface area contributed by atoms with Gasteiger partial charge in [0, 0.05) is 17.0 Å². The van der Waals surface area contributed by atoms with E-state index in [1.54, 1.807) is 24.3 Å². The summed E-state index contributed by atoms with van der Waals surface area (Å²) in [6.45, 7) is 0. The van der Waals surface area contributed by atoms with Crippen molar-refractivity contribution < 1.29 is 27.9 Å². The maximum atomic E-state index is 12.7. The number of aliphatic carboxylic acids is 1. The molecule has 0 aromatic heterocycles. The molecule has 0 saturated heterocycles. The molecule has 0 aliphatic rings. The zero-order valence-corrected chi connectivity index (χ0v) is 13.4. The fourth-order valence-corrected chi connectivity index (χ4v) is 2.38. The average molecular weight is 372 g/mol. The Labute approximate surface area is 146 Å². The molecule has 0 heterocycles. The van der Waals surface area contributed by atoms with Crippen LogP contribution in [0.25, 0.3) is 0 Å². The van der Waals surface area contributed by atoms with E-state index in [2.05, 4.69) is 5.32 Å². The van der Waals surface area contributed by atoms with Crippen LogP contribution < -0.4 is 5.32 Å². The first-order valence-corrected chi connectivity index (χ1v) is 7.50. The summed E-state index contributed by atoms with van der Waals surface area (Å²) >= 11 is 5.97. The molecule has 132 valence electrons. The number of hydrogen-bond donors (Lipinski definition) is 2. The van der Waals surface area contributed by atoms with Gasteiger partial charge in [-0.2, -0.15) is 13.2 Å². The summed E-state index contributed by atoms with van der Waals surface area (Å²) in [5.74, 6) is -2.23. The summed E-state index contributed by atoms with van der Waals surface area (Å²) in [4.78, 5) is 23.5. The van der Waals surface area contributed by atoms with Gasteiger partial charge in [0.25, 0.3) is 5.91 Å². The van der Waals surface area contributed by atoms with Crippen LogP contribution >= 0.6 is 11.6 Å². The number of hydrogen-bond acceptors (Lipinski definition) is 2.